The van der Waals surface area contributed by atoms with E-state index in [1.807, 2.05) is 6.92 Å². The van der Waals surface area contributed by atoms with E-state index in [4.69, 9.17) is 16.0 Å². The van der Waals surface area contributed by atoms with E-state index in [0.29, 0.717) is 6.61 Å². The third-order valence-corrected chi connectivity index (χ3v) is 1.98. The van der Waals surface area contributed by atoms with Crippen LogP contribution in [0.15, 0.2) is 0 Å². The molecular weight excluding hydrogens is 179 g/mol. The molecule has 0 heterocycles. The van der Waals surface area contributed by atoms with Crippen LogP contribution in [0, 0.1) is 0 Å². The summed E-state index contributed by atoms with van der Waals surface area (Å²) in [5.41, 5.74) is 10.4. The summed E-state index contributed by atoms with van der Waals surface area (Å²) >= 11 is 0. The van der Waals surface area contributed by atoms with E-state index in [-0.39, 0.29) is 6.54 Å². The van der Waals surface area contributed by atoms with E-state index in [1.165, 1.54) is 0 Å². The molecule has 0 aliphatic heterocycles. The Bertz CT molecular complexity index is 134. The van der Waals surface area contributed by atoms with E-state index in [2.05, 4.69) is 4.52 Å². The van der Waals surface area contributed by atoms with Gasteiger partial charge in [-0.25, -0.2) is 0 Å². The molecule has 12 heavy (non-hydrogen) atoms. The fraction of sp³-hybridized carbons (Fsp3) is 1.00. The van der Waals surface area contributed by atoms with Gasteiger partial charge in [0.15, 0.2) is 6.23 Å². The molecule has 0 aliphatic rings. The Morgan fingerprint density at radius 2 is 2.25 bits per heavy atom. The van der Waals surface area contributed by atoms with Crippen LogP contribution in [0.3, 0.4) is 0 Å². The molecule has 0 bridgehead atoms. The lowest BCUT2D eigenvalue weighted by atomic mass is 10.4. The lowest BCUT2D eigenvalue weighted by Gasteiger charge is -1.97. The van der Waals surface area contributed by atoms with Crippen LogP contribution in [-0.2, 0) is 13.6 Å². The molecule has 0 radical (unpaired) electrons. The van der Waals surface area contributed by atoms with Crippen molar-refractivity contribution in [3.8, 4) is 0 Å². The molecular formula is C6H16N2O3P+. The fourth-order valence-corrected chi connectivity index (χ4v) is 1.11. The second kappa shape index (κ2) is 7.58. The van der Waals surface area contributed by atoms with Crippen molar-refractivity contribution < 1.29 is 13.6 Å². The molecule has 0 rings (SSSR count). The predicted octanol–water partition coefficient (Wildman–Crippen LogP) is 0.721. The molecule has 0 amide bonds. The second-order valence-corrected chi connectivity index (χ2v) is 3.21. The van der Waals surface area contributed by atoms with E-state index < -0.39 is 14.5 Å². The van der Waals surface area contributed by atoms with Crippen molar-refractivity contribution in [3.05, 3.63) is 0 Å². The maximum Gasteiger partial charge on any atom is 0.699 e. The van der Waals surface area contributed by atoms with E-state index in [9.17, 15) is 4.57 Å². The van der Waals surface area contributed by atoms with Gasteiger partial charge in [0.25, 0.3) is 0 Å². The van der Waals surface area contributed by atoms with Gasteiger partial charge >= 0.3 is 8.25 Å². The van der Waals surface area contributed by atoms with E-state index in [1.54, 1.807) is 0 Å². The van der Waals surface area contributed by atoms with E-state index >= 15 is 0 Å². The Balaban J connectivity index is 3.33. The van der Waals surface area contributed by atoms with Crippen LogP contribution in [0.25, 0.3) is 0 Å². The molecule has 0 aromatic rings. The van der Waals surface area contributed by atoms with Crippen molar-refractivity contribution in [2.75, 3.05) is 13.2 Å². The minimum absolute atomic E-state index is 0.137. The molecule has 4 N–H and O–H groups in total. The first-order valence-corrected chi connectivity index (χ1v) is 5.02. The molecule has 2 unspecified atom stereocenters. The molecule has 0 aromatic carbocycles. The van der Waals surface area contributed by atoms with Gasteiger partial charge in [-0.3, -0.25) is 0 Å². The van der Waals surface area contributed by atoms with Crippen molar-refractivity contribution in [2.45, 2.75) is 26.0 Å². The first-order chi connectivity index (χ1) is 5.70. The first kappa shape index (κ1) is 11.9. The van der Waals surface area contributed by atoms with Crippen LogP contribution >= 0.6 is 8.25 Å². The van der Waals surface area contributed by atoms with Crippen LogP contribution in [0.5, 0.6) is 0 Å². The Hall–Kier alpha value is -0.0600. The molecule has 72 valence electrons. The molecule has 6 heteroatoms. The third kappa shape index (κ3) is 6.64. The summed E-state index contributed by atoms with van der Waals surface area (Å²) in [6, 6.07) is 0. The summed E-state index contributed by atoms with van der Waals surface area (Å²) in [5, 5.41) is 0. The topological polar surface area (TPSA) is 87.6 Å². The normalized spacial score (nSPS) is 14.4. The zero-order valence-corrected chi connectivity index (χ0v) is 8.13. The smallest absolute Gasteiger partial charge is 0.327 e. The lowest BCUT2D eigenvalue weighted by molar-refractivity contribution is 0.171. The molecule has 0 aliphatic carbocycles. The number of rotatable bonds is 7. The quantitative estimate of drug-likeness (QED) is 0.355. The van der Waals surface area contributed by atoms with Gasteiger partial charge in [0, 0.05) is 11.1 Å². The predicted molar refractivity (Wildman–Crippen MR) is 46.6 cm³/mol. The van der Waals surface area contributed by atoms with Gasteiger partial charge < -0.3 is 11.5 Å². The van der Waals surface area contributed by atoms with Gasteiger partial charge in [-0.2, -0.15) is 0 Å². The number of unbranched alkanes of at least 4 members (excludes halogenated alkanes) is 1. The van der Waals surface area contributed by atoms with Crippen LogP contribution < -0.4 is 11.5 Å². The second-order valence-electron chi connectivity index (χ2n) is 2.29. The minimum atomic E-state index is -2.09. The van der Waals surface area contributed by atoms with Crippen molar-refractivity contribution in [2.24, 2.45) is 11.5 Å². The van der Waals surface area contributed by atoms with Crippen LogP contribution in [0.4, 0.5) is 0 Å². The average Bonchev–Trinajstić information content (AvgIpc) is 2.05. The summed E-state index contributed by atoms with van der Waals surface area (Å²) in [7, 11) is -2.09. The molecule has 2 atom stereocenters. The van der Waals surface area contributed by atoms with Crippen LogP contribution in [0.2, 0.25) is 0 Å². The van der Waals surface area contributed by atoms with Crippen molar-refractivity contribution in [1.82, 2.24) is 0 Å². The van der Waals surface area contributed by atoms with Crippen molar-refractivity contribution >= 4 is 8.25 Å². The summed E-state index contributed by atoms with van der Waals surface area (Å²) in [6.07, 6.45) is 1.16. The molecule has 5 nitrogen and oxygen atoms in total. The Morgan fingerprint density at radius 3 is 2.75 bits per heavy atom. The highest BCUT2D eigenvalue weighted by Crippen LogP contribution is 2.24. The van der Waals surface area contributed by atoms with Crippen LogP contribution in [-0.4, -0.2) is 19.4 Å². The largest absolute Gasteiger partial charge is 0.699 e. The van der Waals surface area contributed by atoms with E-state index in [0.717, 1.165) is 12.8 Å². The summed E-state index contributed by atoms with van der Waals surface area (Å²) in [6.45, 7) is 2.59. The van der Waals surface area contributed by atoms with Gasteiger partial charge in [0.2, 0.25) is 0 Å². The highest BCUT2D eigenvalue weighted by molar-refractivity contribution is 7.33. The Morgan fingerprint density at radius 1 is 1.58 bits per heavy atom. The summed E-state index contributed by atoms with van der Waals surface area (Å²) < 4.78 is 20.3. The number of hydrogen-bond donors (Lipinski definition) is 2. The molecule has 0 fully saturated rings. The highest BCUT2D eigenvalue weighted by Gasteiger charge is 2.23. The van der Waals surface area contributed by atoms with Gasteiger partial charge in [-0.05, 0) is 6.42 Å². The van der Waals surface area contributed by atoms with Crippen molar-refractivity contribution in [1.29, 1.82) is 0 Å². The zero-order chi connectivity index (χ0) is 9.40. The average molecular weight is 195 g/mol. The molecule has 0 spiro atoms. The number of nitrogens with two attached hydrogens (primary N) is 2. The van der Waals surface area contributed by atoms with Crippen molar-refractivity contribution in [3.63, 3.8) is 0 Å². The molecule has 0 saturated heterocycles. The maximum absolute atomic E-state index is 10.9. The van der Waals surface area contributed by atoms with Crippen LogP contribution in [0.1, 0.15) is 19.8 Å². The Labute approximate surface area is 73.3 Å². The number of hydrogen-bond acceptors (Lipinski definition) is 5. The minimum Gasteiger partial charge on any atom is -0.327 e. The Kier molecular flexibility index (Phi) is 7.54. The van der Waals surface area contributed by atoms with Gasteiger partial charge in [-0.1, -0.05) is 17.9 Å². The highest BCUT2D eigenvalue weighted by atomic mass is 31.1. The molecule has 0 aromatic heterocycles. The van der Waals surface area contributed by atoms with Gasteiger partial charge in [-0.15, -0.1) is 4.52 Å². The third-order valence-electron chi connectivity index (χ3n) is 1.15. The lowest BCUT2D eigenvalue weighted by Crippen LogP contribution is -2.30. The first-order valence-electron chi connectivity index (χ1n) is 3.93. The zero-order valence-electron chi connectivity index (χ0n) is 7.23. The summed E-state index contributed by atoms with van der Waals surface area (Å²) in [4.78, 5) is 0. The molecule has 0 saturated carbocycles. The summed E-state index contributed by atoms with van der Waals surface area (Å²) in [5.74, 6) is 0. The van der Waals surface area contributed by atoms with Gasteiger partial charge in [0.1, 0.15) is 6.61 Å². The SMILES string of the molecule is CCCCO[P+](=O)OC(N)CN. The van der Waals surface area contributed by atoms with Gasteiger partial charge in [0.05, 0.1) is 0 Å². The fourth-order valence-electron chi connectivity index (χ4n) is 0.467. The maximum atomic E-state index is 10.9. The monoisotopic (exact) mass is 195 g/mol. The standard InChI is InChI=1S/C6H16N2O3P/c1-2-3-4-10-12(9)11-6(8)5-7/h6H,2-5,7-8H2,1H3/q+1.